The number of hydrogen-bond acceptors (Lipinski definition) is 4. The van der Waals surface area contributed by atoms with Gasteiger partial charge in [0, 0.05) is 16.1 Å². The molecule has 0 saturated heterocycles. The van der Waals surface area contributed by atoms with Crippen LogP contribution < -0.4 is 10.4 Å². The summed E-state index contributed by atoms with van der Waals surface area (Å²) in [7, 11) is 0. The maximum atomic E-state index is 13.3. The number of aryl methyl sites for hydroxylation is 1. The fourth-order valence-electron chi connectivity index (χ4n) is 3.64. The molecular formula is C21H30NO3S-. The summed E-state index contributed by atoms with van der Waals surface area (Å²) in [6, 6.07) is 5.73. The average molecular weight is 377 g/mol. The Morgan fingerprint density at radius 1 is 1.23 bits per heavy atom. The van der Waals surface area contributed by atoms with E-state index in [4.69, 9.17) is 0 Å². The van der Waals surface area contributed by atoms with Gasteiger partial charge >= 0.3 is 0 Å². The summed E-state index contributed by atoms with van der Waals surface area (Å²) in [5.74, 6) is -0.549. The predicted molar refractivity (Wildman–Crippen MR) is 105 cm³/mol. The van der Waals surface area contributed by atoms with Crippen LogP contribution in [0.15, 0.2) is 23.1 Å². The van der Waals surface area contributed by atoms with Crippen molar-refractivity contribution in [3.8, 4) is 0 Å². The molecule has 0 aliphatic heterocycles. The van der Waals surface area contributed by atoms with Gasteiger partial charge in [-0.25, -0.2) is 0 Å². The molecule has 0 unspecified atom stereocenters. The summed E-state index contributed by atoms with van der Waals surface area (Å²) in [4.78, 5) is 24.8. The number of carboxylic acid groups (broad SMARTS) is 1. The number of rotatable bonds is 8. The molecule has 26 heavy (non-hydrogen) atoms. The van der Waals surface area contributed by atoms with Crippen LogP contribution in [0.5, 0.6) is 0 Å². The molecule has 2 rings (SSSR count). The van der Waals surface area contributed by atoms with Crippen molar-refractivity contribution in [3.05, 3.63) is 23.8 Å². The van der Waals surface area contributed by atoms with Crippen molar-refractivity contribution in [2.75, 3.05) is 11.1 Å². The Balaban J connectivity index is 2.19. The van der Waals surface area contributed by atoms with Crippen LogP contribution in [0.2, 0.25) is 0 Å². The number of nitrogens with one attached hydrogen (secondary N) is 1. The van der Waals surface area contributed by atoms with Crippen LogP contribution >= 0.6 is 11.8 Å². The summed E-state index contributed by atoms with van der Waals surface area (Å²) >= 11 is 1.19. The Kier molecular flexibility index (Phi) is 7.56. The van der Waals surface area contributed by atoms with Crippen molar-refractivity contribution in [1.29, 1.82) is 0 Å². The number of hydrogen-bond donors (Lipinski definition) is 1. The zero-order chi connectivity index (χ0) is 19.2. The van der Waals surface area contributed by atoms with E-state index in [-0.39, 0.29) is 17.1 Å². The van der Waals surface area contributed by atoms with E-state index >= 15 is 0 Å². The van der Waals surface area contributed by atoms with Crippen LogP contribution in [-0.2, 0) is 9.59 Å². The van der Waals surface area contributed by atoms with Crippen molar-refractivity contribution >= 4 is 29.3 Å². The van der Waals surface area contributed by atoms with Gasteiger partial charge in [0.2, 0.25) is 5.91 Å². The maximum Gasteiger partial charge on any atom is 0.230 e. The molecule has 1 fully saturated rings. The van der Waals surface area contributed by atoms with E-state index in [1.807, 2.05) is 25.1 Å². The third-order valence-corrected chi connectivity index (χ3v) is 6.27. The molecule has 1 amide bonds. The molecule has 0 atom stereocenters. The highest BCUT2D eigenvalue weighted by Gasteiger charge is 2.39. The lowest BCUT2D eigenvalue weighted by Gasteiger charge is -2.36. The van der Waals surface area contributed by atoms with Crippen molar-refractivity contribution in [2.45, 2.75) is 70.6 Å². The molecule has 1 aliphatic rings. The van der Waals surface area contributed by atoms with Gasteiger partial charge in [-0.05, 0) is 56.2 Å². The highest BCUT2D eigenvalue weighted by atomic mass is 32.2. The summed E-state index contributed by atoms with van der Waals surface area (Å²) in [5.41, 5.74) is 1.47. The molecule has 1 aliphatic carbocycles. The summed E-state index contributed by atoms with van der Waals surface area (Å²) in [6.45, 7) is 6.37. The Bertz CT molecular complexity index is 636. The molecule has 1 N–H and O–H groups in total. The lowest BCUT2D eigenvalue weighted by atomic mass is 9.69. The number of aliphatic carboxylic acids is 1. The molecule has 0 aromatic heterocycles. The van der Waals surface area contributed by atoms with E-state index in [9.17, 15) is 14.7 Å². The quantitative estimate of drug-likeness (QED) is 0.692. The third kappa shape index (κ3) is 5.76. The number of carbonyl (C=O) groups is 2. The number of thioether (sulfide) groups is 1. The first kappa shape index (κ1) is 20.8. The normalized spacial score (nSPS) is 16.5. The van der Waals surface area contributed by atoms with E-state index in [0.29, 0.717) is 5.92 Å². The minimum atomic E-state index is -1.10. The molecule has 0 spiro atoms. The predicted octanol–water partition coefficient (Wildman–Crippen LogP) is 4.16. The maximum absolute atomic E-state index is 13.3. The van der Waals surface area contributed by atoms with Crippen LogP contribution in [0, 0.1) is 18.3 Å². The number of benzene rings is 1. The zero-order valence-corrected chi connectivity index (χ0v) is 16.9. The molecule has 144 valence electrons. The van der Waals surface area contributed by atoms with Gasteiger partial charge in [0.25, 0.3) is 0 Å². The third-order valence-electron chi connectivity index (χ3n) is 5.22. The van der Waals surface area contributed by atoms with Gasteiger partial charge in [-0.3, -0.25) is 4.79 Å². The van der Waals surface area contributed by atoms with Crippen molar-refractivity contribution < 1.29 is 14.7 Å². The van der Waals surface area contributed by atoms with Crippen LogP contribution in [0.1, 0.15) is 64.4 Å². The number of anilines is 1. The first-order chi connectivity index (χ1) is 12.3. The second-order valence-corrected chi connectivity index (χ2v) is 8.91. The van der Waals surface area contributed by atoms with Gasteiger partial charge < -0.3 is 15.2 Å². The van der Waals surface area contributed by atoms with E-state index in [1.165, 1.54) is 18.2 Å². The smallest absolute Gasteiger partial charge is 0.230 e. The van der Waals surface area contributed by atoms with Gasteiger partial charge in [-0.15, -0.1) is 11.8 Å². The van der Waals surface area contributed by atoms with Crippen LogP contribution in [0.4, 0.5) is 5.69 Å². The van der Waals surface area contributed by atoms with Crippen LogP contribution in [0.3, 0.4) is 0 Å². The summed E-state index contributed by atoms with van der Waals surface area (Å²) < 4.78 is 0. The molecular weight excluding hydrogens is 346 g/mol. The Hall–Kier alpha value is -1.49. The molecule has 5 heteroatoms. The number of carbonyl (C=O) groups excluding carboxylic acids is 2. The highest BCUT2D eigenvalue weighted by Crippen LogP contribution is 2.42. The van der Waals surface area contributed by atoms with Crippen molar-refractivity contribution in [2.24, 2.45) is 11.3 Å². The monoisotopic (exact) mass is 376 g/mol. The van der Waals surface area contributed by atoms with Gasteiger partial charge in [0.05, 0.1) is 11.7 Å². The Morgan fingerprint density at radius 3 is 2.54 bits per heavy atom. The van der Waals surface area contributed by atoms with Crippen LogP contribution in [0.25, 0.3) is 0 Å². The lowest BCUT2D eigenvalue weighted by Crippen LogP contribution is -2.38. The van der Waals surface area contributed by atoms with E-state index in [2.05, 4.69) is 19.2 Å². The first-order valence-electron chi connectivity index (χ1n) is 9.57. The fourth-order valence-corrected chi connectivity index (χ4v) is 4.35. The molecule has 1 aromatic carbocycles. The standard InChI is InChI=1S/C21H31NO3S/c1-15(2)9-12-21(10-5-4-6-11-21)20(25)22-17-13-16(3)7-8-18(17)26-14-19(23)24/h7-8,13,15H,4-6,9-12,14H2,1-3H3,(H,22,25)(H,23,24)/p-1. The second kappa shape index (κ2) is 9.45. The highest BCUT2D eigenvalue weighted by molar-refractivity contribution is 8.00. The van der Waals surface area contributed by atoms with Crippen molar-refractivity contribution in [3.63, 3.8) is 0 Å². The van der Waals surface area contributed by atoms with Crippen LogP contribution in [-0.4, -0.2) is 17.6 Å². The zero-order valence-electron chi connectivity index (χ0n) is 16.1. The molecule has 0 bridgehead atoms. The van der Waals surface area contributed by atoms with E-state index in [1.54, 1.807) is 0 Å². The van der Waals surface area contributed by atoms with E-state index < -0.39 is 5.97 Å². The Labute approximate surface area is 161 Å². The largest absolute Gasteiger partial charge is 0.549 e. The summed E-state index contributed by atoms with van der Waals surface area (Å²) in [6.07, 6.45) is 7.26. The number of amides is 1. The SMILES string of the molecule is Cc1ccc(SCC(=O)[O-])c(NC(=O)C2(CCC(C)C)CCCCC2)c1. The van der Waals surface area contributed by atoms with Crippen molar-refractivity contribution in [1.82, 2.24) is 0 Å². The minimum Gasteiger partial charge on any atom is -0.549 e. The van der Waals surface area contributed by atoms with Gasteiger partial charge in [-0.2, -0.15) is 0 Å². The number of carboxylic acids is 1. The van der Waals surface area contributed by atoms with E-state index in [0.717, 1.165) is 54.7 Å². The molecule has 1 aromatic rings. The van der Waals surface area contributed by atoms with Gasteiger partial charge in [0.1, 0.15) is 0 Å². The fraction of sp³-hybridized carbons (Fsp3) is 0.619. The minimum absolute atomic E-state index is 0.0961. The lowest BCUT2D eigenvalue weighted by molar-refractivity contribution is -0.301. The molecule has 0 heterocycles. The average Bonchev–Trinajstić information content (AvgIpc) is 2.60. The second-order valence-electron chi connectivity index (χ2n) is 7.89. The Morgan fingerprint density at radius 2 is 1.92 bits per heavy atom. The summed E-state index contributed by atoms with van der Waals surface area (Å²) in [5, 5.41) is 13.9. The van der Waals surface area contributed by atoms with Gasteiger partial charge in [0.15, 0.2) is 0 Å². The molecule has 0 radical (unpaired) electrons. The molecule has 1 saturated carbocycles. The topological polar surface area (TPSA) is 69.2 Å². The van der Waals surface area contributed by atoms with Gasteiger partial charge in [-0.1, -0.05) is 39.2 Å². The molecule has 4 nitrogen and oxygen atoms in total. The first-order valence-corrected chi connectivity index (χ1v) is 10.6.